The minimum atomic E-state index is -1.01. The van der Waals surface area contributed by atoms with Crippen molar-refractivity contribution < 1.29 is 10.0 Å². The maximum Gasteiger partial charge on any atom is 0.285 e. The zero-order valence-electron chi connectivity index (χ0n) is 6.85. The molecule has 0 amide bonds. The third kappa shape index (κ3) is 1.91. The smallest absolute Gasteiger partial charge is 0.285 e. The lowest BCUT2D eigenvalue weighted by molar-refractivity contribution is -0.385. The molecule has 1 aromatic rings. The summed E-state index contributed by atoms with van der Waals surface area (Å²) in [4.78, 5) is 22.8. The van der Waals surface area contributed by atoms with Gasteiger partial charge < -0.3 is 10.1 Å². The lowest BCUT2D eigenvalue weighted by atomic mass is 10.2. The van der Waals surface area contributed by atoms with Gasteiger partial charge in [0, 0.05) is 6.07 Å². The van der Waals surface area contributed by atoms with Gasteiger partial charge in [-0.15, -0.1) is 0 Å². The number of aromatic amines is 1. The average Bonchev–Trinajstić information content (AvgIpc) is 2.04. The summed E-state index contributed by atoms with van der Waals surface area (Å²) in [5.74, 6) is 0. The zero-order valence-corrected chi connectivity index (χ0v) is 6.85. The molecule has 1 atom stereocenters. The zero-order chi connectivity index (χ0) is 10.0. The molecule has 0 bridgehead atoms. The number of nitrogens with zero attached hydrogens (tertiary/aromatic N) is 1. The Labute approximate surface area is 73.0 Å². The molecule has 0 aromatic carbocycles. The first kappa shape index (κ1) is 9.40. The Morgan fingerprint density at radius 3 is 2.77 bits per heavy atom. The lowest BCUT2D eigenvalue weighted by Gasteiger charge is -2.01. The second kappa shape index (κ2) is 3.36. The van der Waals surface area contributed by atoms with E-state index in [4.69, 9.17) is 5.11 Å². The highest BCUT2D eigenvalue weighted by Gasteiger charge is 2.12. The molecule has 6 nitrogen and oxygen atoms in total. The molecule has 0 fully saturated rings. The molecule has 6 heteroatoms. The number of pyridine rings is 1. The number of aromatic nitrogens is 1. The van der Waals surface area contributed by atoms with Crippen LogP contribution in [0.5, 0.6) is 0 Å². The standard InChI is InChI=1S/C7H8N2O4/c1-4(10)6-2-5(9(12)13)3-8-7(6)11/h2-4,10H,1H3,(H,8,11). The third-order valence-electron chi connectivity index (χ3n) is 1.58. The van der Waals surface area contributed by atoms with E-state index in [1.165, 1.54) is 6.92 Å². The molecule has 0 saturated heterocycles. The minimum Gasteiger partial charge on any atom is -0.388 e. The number of hydrogen-bond donors (Lipinski definition) is 2. The van der Waals surface area contributed by atoms with E-state index in [-0.39, 0.29) is 11.3 Å². The van der Waals surface area contributed by atoms with Crippen LogP contribution in [0.4, 0.5) is 5.69 Å². The summed E-state index contributed by atoms with van der Waals surface area (Å²) < 4.78 is 0. The van der Waals surface area contributed by atoms with Crippen LogP contribution >= 0.6 is 0 Å². The Hall–Kier alpha value is -1.69. The van der Waals surface area contributed by atoms with Crippen LogP contribution in [0.1, 0.15) is 18.6 Å². The van der Waals surface area contributed by atoms with Crippen LogP contribution in [0.15, 0.2) is 17.1 Å². The first-order valence-corrected chi connectivity index (χ1v) is 3.57. The monoisotopic (exact) mass is 184 g/mol. The molecule has 0 saturated carbocycles. The van der Waals surface area contributed by atoms with E-state index < -0.39 is 16.6 Å². The molecule has 1 rings (SSSR count). The molecular formula is C7H8N2O4. The summed E-state index contributed by atoms with van der Waals surface area (Å²) in [6, 6.07) is 1.06. The number of hydrogen-bond acceptors (Lipinski definition) is 4. The number of rotatable bonds is 2. The SMILES string of the molecule is CC(O)c1cc([N+](=O)[O-])c[nH]c1=O. The van der Waals surface area contributed by atoms with Gasteiger partial charge in [0.05, 0.1) is 22.8 Å². The maximum absolute atomic E-state index is 11.0. The van der Waals surface area contributed by atoms with Crippen molar-refractivity contribution in [1.82, 2.24) is 4.98 Å². The highest BCUT2D eigenvalue weighted by atomic mass is 16.6. The van der Waals surface area contributed by atoms with Gasteiger partial charge in [0.25, 0.3) is 11.2 Å². The fourth-order valence-corrected chi connectivity index (χ4v) is 0.905. The third-order valence-corrected chi connectivity index (χ3v) is 1.58. The molecule has 0 aliphatic carbocycles. The van der Waals surface area contributed by atoms with E-state index in [0.717, 1.165) is 12.3 Å². The van der Waals surface area contributed by atoms with Crippen LogP contribution in [0.2, 0.25) is 0 Å². The Morgan fingerprint density at radius 1 is 1.69 bits per heavy atom. The van der Waals surface area contributed by atoms with Crippen molar-refractivity contribution >= 4 is 5.69 Å². The maximum atomic E-state index is 11.0. The first-order chi connectivity index (χ1) is 6.02. The molecule has 1 aromatic heterocycles. The highest BCUT2D eigenvalue weighted by molar-refractivity contribution is 5.30. The Balaban J connectivity index is 3.27. The number of nitrogens with one attached hydrogen (secondary N) is 1. The van der Waals surface area contributed by atoms with Crippen LogP contribution in [0, 0.1) is 10.1 Å². The predicted molar refractivity (Wildman–Crippen MR) is 44.4 cm³/mol. The van der Waals surface area contributed by atoms with Crippen molar-refractivity contribution in [2.45, 2.75) is 13.0 Å². The van der Waals surface area contributed by atoms with Crippen molar-refractivity contribution in [3.05, 3.63) is 38.3 Å². The highest BCUT2D eigenvalue weighted by Crippen LogP contribution is 2.13. The van der Waals surface area contributed by atoms with Gasteiger partial charge in [0.15, 0.2) is 0 Å². The van der Waals surface area contributed by atoms with E-state index in [0.29, 0.717) is 0 Å². The molecule has 1 heterocycles. The van der Waals surface area contributed by atoms with Gasteiger partial charge in [0.1, 0.15) is 0 Å². The van der Waals surface area contributed by atoms with Gasteiger partial charge in [-0.3, -0.25) is 14.9 Å². The minimum absolute atomic E-state index is 0.00537. The largest absolute Gasteiger partial charge is 0.388 e. The van der Waals surface area contributed by atoms with Gasteiger partial charge in [-0.05, 0) is 6.92 Å². The van der Waals surface area contributed by atoms with Crippen LogP contribution in [-0.4, -0.2) is 15.0 Å². The van der Waals surface area contributed by atoms with Crippen LogP contribution < -0.4 is 5.56 Å². The molecule has 70 valence electrons. The van der Waals surface area contributed by atoms with Crippen molar-refractivity contribution in [3.63, 3.8) is 0 Å². The van der Waals surface area contributed by atoms with Crippen LogP contribution in [0.3, 0.4) is 0 Å². The van der Waals surface area contributed by atoms with E-state index in [2.05, 4.69) is 4.98 Å². The number of H-pyrrole nitrogens is 1. The van der Waals surface area contributed by atoms with E-state index in [1.54, 1.807) is 0 Å². The molecule has 13 heavy (non-hydrogen) atoms. The molecule has 0 spiro atoms. The Kier molecular flexibility index (Phi) is 2.43. The fourth-order valence-electron chi connectivity index (χ4n) is 0.905. The van der Waals surface area contributed by atoms with Gasteiger partial charge in [-0.2, -0.15) is 0 Å². The quantitative estimate of drug-likeness (QED) is 0.511. The topological polar surface area (TPSA) is 96.2 Å². The second-order valence-corrected chi connectivity index (χ2v) is 2.58. The summed E-state index contributed by atoms with van der Waals surface area (Å²) in [7, 11) is 0. The summed E-state index contributed by atoms with van der Waals surface area (Å²) in [5, 5.41) is 19.4. The van der Waals surface area contributed by atoms with Gasteiger partial charge in [-0.1, -0.05) is 0 Å². The molecule has 2 N–H and O–H groups in total. The summed E-state index contributed by atoms with van der Waals surface area (Å²) in [5.41, 5.74) is -0.759. The Morgan fingerprint density at radius 2 is 2.31 bits per heavy atom. The summed E-state index contributed by atoms with van der Waals surface area (Å²) in [6.07, 6.45) is -0.0163. The van der Waals surface area contributed by atoms with Crippen molar-refractivity contribution in [3.8, 4) is 0 Å². The lowest BCUT2D eigenvalue weighted by Crippen LogP contribution is -2.14. The van der Waals surface area contributed by atoms with E-state index in [1.807, 2.05) is 0 Å². The molecule has 0 radical (unpaired) electrons. The Bertz CT molecular complexity index is 382. The van der Waals surface area contributed by atoms with E-state index >= 15 is 0 Å². The molecule has 0 aliphatic rings. The van der Waals surface area contributed by atoms with Crippen LogP contribution in [-0.2, 0) is 0 Å². The van der Waals surface area contributed by atoms with E-state index in [9.17, 15) is 14.9 Å². The van der Waals surface area contributed by atoms with Crippen molar-refractivity contribution in [2.75, 3.05) is 0 Å². The average molecular weight is 184 g/mol. The summed E-state index contributed by atoms with van der Waals surface area (Å²) >= 11 is 0. The van der Waals surface area contributed by atoms with Gasteiger partial charge in [-0.25, -0.2) is 0 Å². The molecule has 0 aliphatic heterocycles. The number of nitro groups is 1. The van der Waals surface area contributed by atoms with Gasteiger partial charge >= 0.3 is 0 Å². The van der Waals surface area contributed by atoms with Crippen LogP contribution in [0.25, 0.3) is 0 Å². The molecule has 1 unspecified atom stereocenters. The normalized spacial score (nSPS) is 12.5. The number of aliphatic hydroxyl groups is 1. The number of aliphatic hydroxyl groups excluding tert-OH is 1. The second-order valence-electron chi connectivity index (χ2n) is 2.58. The van der Waals surface area contributed by atoms with Crippen molar-refractivity contribution in [1.29, 1.82) is 0 Å². The fraction of sp³-hybridized carbons (Fsp3) is 0.286. The van der Waals surface area contributed by atoms with Gasteiger partial charge in [0.2, 0.25) is 0 Å². The summed E-state index contributed by atoms with van der Waals surface area (Å²) in [6.45, 7) is 1.37. The first-order valence-electron chi connectivity index (χ1n) is 3.57. The molecular weight excluding hydrogens is 176 g/mol. The predicted octanol–water partition coefficient (Wildman–Crippen LogP) is 0.336. The van der Waals surface area contributed by atoms with Crippen molar-refractivity contribution in [2.24, 2.45) is 0 Å².